The second-order valence-corrected chi connectivity index (χ2v) is 5.04. The van der Waals surface area contributed by atoms with E-state index in [9.17, 15) is 4.79 Å². The Bertz CT molecular complexity index is 843. The number of hydrogen-bond acceptors (Lipinski definition) is 4. The number of benzene rings is 2. The zero-order chi connectivity index (χ0) is 15.5. The summed E-state index contributed by atoms with van der Waals surface area (Å²) in [6.07, 6.45) is 1.75. The quantitative estimate of drug-likeness (QED) is 0.739. The van der Waals surface area contributed by atoms with Crippen LogP contribution in [0.25, 0.3) is 10.9 Å². The fraction of sp³-hybridized carbons (Fsp3) is 0.111. The molecule has 1 heterocycles. The van der Waals surface area contributed by atoms with Crippen molar-refractivity contribution in [3.63, 3.8) is 0 Å². The van der Waals surface area contributed by atoms with Crippen LogP contribution in [0.2, 0.25) is 0 Å². The molecule has 0 unspecified atom stereocenters. The fourth-order valence-electron chi connectivity index (χ4n) is 2.39. The average molecular weight is 292 g/mol. The number of ether oxygens (including phenoxy) is 1. The SMILES string of the molecule is COC(=O)c1ccccc1Nc1ccnc2ccc(C)cc12. The van der Waals surface area contributed by atoms with Crippen molar-refractivity contribution in [2.75, 3.05) is 12.4 Å². The molecule has 0 spiro atoms. The van der Waals surface area contributed by atoms with Crippen molar-refractivity contribution < 1.29 is 9.53 Å². The van der Waals surface area contributed by atoms with Crippen LogP contribution >= 0.6 is 0 Å². The number of aromatic nitrogens is 1. The van der Waals surface area contributed by atoms with E-state index in [1.807, 2.05) is 43.3 Å². The molecule has 0 bridgehead atoms. The van der Waals surface area contributed by atoms with Gasteiger partial charge in [-0.2, -0.15) is 0 Å². The highest BCUT2D eigenvalue weighted by atomic mass is 16.5. The van der Waals surface area contributed by atoms with E-state index >= 15 is 0 Å². The van der Waals surface area contributed by atoms with Crippen molar-refractivity contribution in [1.82, 2.24) is 4.98 Å². The van der Waals surface area contributed by atoms with E-state index in [0.717, 1.165) is 22.2 Å². The molecule has 22 heavy (non-hydrogen) atoms. The summed E-state index contributed by atoms with van der Waals surface area (Å²) in [5.41, 5.74) is 4.19. The van der Waals surface area contributed by atoms with Crippen LogP contribution in [-0.2, 0) is 4.74 Å². The van der Waals surface area contributed by atoms with Crippen molar-refractivity contribution >= 4 is 28.2 Å². The number of anilines is 2. The number of pyridine rings is 1. The van der Waals surface area contributed by atoms with Crippen molar-refractivity contribution in [2.45, 2.75) is 6.92 Å². The molecule has 0 saturated heterocycles. The number of rotatable bonds is 3. The monoisotopic (exact) mass is 292 g/mol. The van der Waals surface area contributed by atoms with Crippen LogP contribution in [0.5, 0.6) is 0 Å². The highest BCUT2D eigenvalue weighted by Crippen LogP contribution is 2.27. The second-order valence-electron chi connectivity index (χ2n) is 5.04. The summed E-state index contributed by atoms with van der Waals surface area (Å²) in [6, 6.07) is 15.3. The Hall–Kier alpha value is -2.88. The lowest BCUT2D eigenvalue weighted by molar-refractivity contribution is 0.0602. The van der Waals surface area contributed by atoms with Crippen molar-refractivity contribution in [3.8, 4) is 0 Å². The van der Waals surface area contributed by atoms with Gasteiger partial charge in [-0.15, -0.1) is 0 Å². The molecule has 4 heteroatoms. The minimum absolute atomic E-state index is 0.363. The largest absolute Gasteiger partial charge is 0.465 e. The van der Waals surface area contributed by atoms with Crippen LogP contribution < -0.4 is 5.32 Å². The molecule has 4 nitrogen and oxygen atoms in total. The highest BCUT2D eigenvalue weighted by Gasteiger charge is 2.12. The molecule has 2 aromatic carbocycles. The lowest BCUT2D eigenvalue weighted by atomic mass is 10.1. The first kappa shape index (κ1) is 14.1. The lowest BCUT2D eigenvalue weighted by Crippen LogP contribution is -2.05. The van der Waals surface area contributed by atoms with Gasteiger partial charge in [-0.05, 0) is 37.3 Å². The van der Waals surface area contributed by atoms with Crippen molar-refractivity contribution in [1.29, 1.82) is 0 Å². The van der Waals surface area contributed by atoms with Crippen LogP contribution in [0, 0.1) is 6.92 Å². The number of nitrogens with one attached hydrogen (secondary N) is 1. The smallest absolute Gasteiger partial charge is 0.339 e. The van der Waals surface area contributed by atoms with Gasteiger partial charge in [0.2, 0.25) is 0 Å². The number of aryl methyl sites for hydroxylation is 1. The van der Waals surface area contributed by atoms with Gasteiger partial charge in [0.15, 0.2) is 0 Å². The summed E-state index contributed by atoms with van der Waals surface area (Å²) in [4.78, 5) is 16.2. The summed E-state index contributed by atoms with van der Waals surface area (Å²) in [5.74, 6) is -0.363. The molecule has 0 aliphatic carbocycles. The Morgan fingerprint density at radius 1 is 1.09 bits per heavy atom. The summed E-state index contributed by atoms with van der Waals surface area (Å²) in [7, 11) is 1.38. The van der Waals surface area contributed by atoms with Gasteiger partial charge in [0.25, 0.3) is 0 Å². The summed E-state index contributed by atoms with van der Waals surface area (Å²) >= 11 is 0. The maximum Gasteiger partial charge on any atom is 0.339 e. The van der Waals surface area contributed by atoms with Crippen LogP contribution in [0.3, 0.4) is 0 Å². The Kier molecular flexibility index (Phi) is 3.74. The minimum Gasteiger partial charge on any atom is -0.465 e. The molecule has 0 amide bonds. The van der Waals surface area contributed by atoms with Gasteiger partial charge in [0, 0.05) is 17.3 Å². The second kappa shape index (κ2) is 5.85. The summed E-state index contributed by atoms with van der Waals surface area (Å²) in [5, 5.41) is 4.33. The van der Waals surface area contributed by atoms with Crippen LogP contribution in [0.15, 0.2) is 54.7 Å². The zero-order valence-corrected chi connectivity index (χ0v) is 12.5. The van der Waals surface area contributed by atoms with E-state index < -0.39 is 0 Å². The van der Waals surface area contributed by atoms with Gasteiger partial charge in [0.1, 0.15) is 0 Å². The van der Waals surface area contributed by atoms with E-state index in [-0.39, 0.29) is 5.97 Å². The predicted octanol–water partition coefficient (Wildman–Crippen LogP) is 4.07. The van der Waals surface area contributed by atoms with Gasteiger partial charge in [-0.1, -0.05) is 23.8 Å². The number of fused-ring (bicyclic) bond motifs is 1. The van der Waals surface area contributed by atoms with E-state index in [0.29, 0.717) is 11.3 Å². The molecule has 0 aliphatic heterocycles. The average Bonchev–Trinajstić information content (AvgIpc) is 2.55. The maximum absolute atomic E-state index is 11.9. The Balaban J connectivity index is 2.08. The van der Waals surface area contributed by atoms with Gasteiger partial charge < -0.3 is 10.1 Å². The maximum atomic E-state index is 11.9. The first-order valence-corrected chi connectivity index (χ1v) is 6.99. The Labute approximate surface area is 128 Å². The third kappa shape index (κ3) is 2.63. The third-order valence-electron chi connectivity index (χ3n) is 3.50. The van der Waals surface area contributed by atoms with E-state index in [1.54, 1.807) is 12.3 Å². The van der Waals surface area contributed by atoms with Crippen LogP contribution in [0.4, 0.5) is 11.4 Å². The number of carbonyl (C=O) groups excluding carboxylic acids is 1. The van der Waals surface area contributed by atoms with E-state index in [2.05, 4.69) is 16.4 Å². The molecule has 110 valence electrons. The predicted molar refractivity (Wildman–Crippen MR) is 87.5 cm³/mol. The molecule has 0 aliphatic rings. The number of nitrogens with zero attached hydrogens (tertiary/aromatic N) is 1. The van der Waals surface area contributed by atoms with Gasteiger partial charge >= 0.3 is 5.97 Å². The number of methoxy groups -OCH3 is 1. The molecule has 3 rings (SSSR count). The number of esters is 1. The molecule has 3 aromatic rings. The minimum atomic E-state index is -0.363. The van der Waals surface area contributed by atoms with Crippen molar-refractivity contribution in [2.24, 2.45) is 0 Å². The van der Waals surface area contributed by atoms with Crippen molar-refractivity contribution in [3.05, 3.63) is 65.9 Å². The van der Waals surface area contributed by atoms with Gasteiger partial charge in [0.05, 0.1) is 23.9 Å². The Morgan fingerprint density at radius 2 is 1.91 bits per heavy atom. The topological polar surface area (TPSA) is 51.2 Å². The number of para-hydroxylation sites is 1. The molecule has 0 radical (unpaired) electrons. The third-order valence-corrected chi connectivity index (χ3v) is 3.50. The standard InChI is InChI=1S/C18H16N2O2/c1-12-7-8-15-14(11-12)17(9-10-19-15)20-16-6-4-3-5-13(16)18(21)22-2/h3-11H,1-2H3,(H,19,20). The molecular formula is C18H16N2O2. The Morgan fingerprint density at radius 3 is 2.73 bits per heavy atom. The summed E-state index contributed by atoms with van der Waals surface area (Å²) in [6.45, 7) is 2.04. The molecule has 1 N–H and O–H groups in total. The van der Waals surface area contributed by atoms with E-state index in [4.69, 9.17) is 4.74 Å². The first-order chi connectivity index (χ1) is 10.7. The van der Waals surface area contributed by atoms with Gasteiger partial charge in [-0.3, -0.25) is 4.98 Å². The molecular weight excluding hydrogens is 276 g/mol. The van der Waals surface area contributed by atoms with E-state index in [1.165, 1.54) is 7.11 Å². The normalized spacial score (nSPS) is 10.5. The van der Waals surface area contributed by atoms with Gasteiger partial charge in [-0.25, -0.2) is 4.79 Å². The summed E-state index contributed by atoms with van der Waals surface area (Å²) < 4.78 is 4.83. The fourth-order valence-corrected chi connectivity index (χ4v) is 2.39. The zero-order valence-electron chi connectivity index (χ0n) is 12.5. The molecule has 1 aromatic heterocycles. The molecule has 0 saturated carbocycles. The molecule has 0 fully saturated rings. The lowest BCUT2D eigenvalue weighted by Gasteiger charge is -2.12. The number of hydrogen-bond donors (Lipinski definition) is 1. The molecule has 0 atom stereocenters. The first-order valence-electron chi connectivity index (χ1n) is 6.99. The van der Waals surface area contributed by atoms with Crippen LogP contribution in [0.1, 0.15) is 15.9 Å². The highest BCUT2D eigenvalue weighted by molar-refractivity contribution is 5.99. The number of carbonyl (C=O) groups is 1. The van der Waals surface area contributed by atoms with Crippen LogP contribution in [-0.4, -0.2) is 18.1 Å².